The number of hydrogen-bond donors (Lipinski definition) is 1. The van der Waals surface area contributed by atoms with Crippen LogP contribution in [0.1, 0.15) is 31.1 Å². The molecule has 7 heteroatoms. The molecule has 0 spiro atoms. The van der Waals surface area contributed by atoms with Crippen molar-refractivity contribution in [2.45, 2.75) is 26.9 Å². The summed E-state index contributed by atoms with van der Waals surface area (Å²) in [4.78, 5) is 24.6. The van der Waals surface area contributed by atoms with E-state index in [1.54, 1.807) is 42.5 Å². The molecular formula is C20H22ClNO5. The molecule has 2 rings (SSSR count). The quantitative estimate of drug-likeness (QED) is 0.678. The van der Waals surface area contributed by atoms with Crippen LogP contribution in [0.3, 0.4) is 0 Å². The molecule has 0 aromatic heterocycles. The van der Waals surface area contributed by atoms with Gasteiger partial charge in [0.15, 0.2) is 17.6 Å². The molecule has 0 bridgehead atoms. The van der Waals surface area contributed by atoms with Gasteiger partial charge in [0.2, 0.25) is 0 Å². The fourth-order valence-corrected chi connectivity index (χ4v) is 2.36. The van der Waals surface area contributed by atoms with Crippen molar-refractivity contribution in [1.82, 2.24) is 0 Å². The minimum atomic E-state index is -0.977. The van der Waals surface area contributed by atoms with Crippen LogP contribution in [-0.4, -0.2) is 31.2 Å². The van der Waals surface area contributed by atoms with E-state index in [-0.39, 0.29) is 5.56 Å². The third-order valence-corrected chi connectivity index (χ3v) is 3.80. The van der Waals surface area contributed by atoms with Crippen LogP contribution in [-0.2, 0) is 9.53 Å². The predicted octanol–water partition coefficient (Wildman–Crippen LogP) is 4.32. The zero-order valence-electron chi connectivity index (χ0n) is 15.5. The molecule has 0 aliphatic rings. The molecule has 0 heterocycles. The van der Waals surface area contributed by atoms with Crippen molar-refractivity contribution < 1.29 is 23.8 Å². The largest absolute Gasteiger partial charge is 0.490 e. The van der Waals surface area contributed by atoms with Crippen LogP contribution in [0.2, 0.25) is 5.02 Å². The smallest absolute Gasteiger partial charge is 0.339 e. The number of ether oxygens (including phenoxy) is 3. The van der Waals surface area contributed by atoms with Crippen molar-refractivity contribution in [3.8, 4) is 11.5 Å². The predicted molar refractivity (Wildman–Crippen MR) is 104 cm³/mol. The van der Waals surface area contributed by atoms with Crippen LogP contribution in [0, 0.1) is 0 Å². The second-order valence-corrected chi connectivity index (χ2v) is 6.01. The number of halogens is 1. The Bertz CT molecular complexity index is 791. The van der Waals surface area contributed by atoms with E-state index in [1.807, 2.05) is 13.8 Å². The first-order valence-electron chi connectivity index (χ1n) is 8.61. The molecule has 0 unspecified atom stereocenters. The third-order valence-electron chi connectivity index (χ3n) is 3.54. The number of amides is 1. The van der Waals surface area contributed by atoms with Crippen molar-refractivity contribution >= 4 is 29.2 Å². The summed E-state index contributed by atoms with van der Waals surface area (Å²) in [7, 11) is 0. The zero-order chi connectivity index (χ0) is 19.8. The number of esters is 1. The number of carbonyl (C=O) groups excluding carboxylic acids is 2. The fourth-order valence-electron chi connectivity index (χ4n) is 2.24. The average Bonchev–Trinajstić information content (AvgIpc) is 2.65. The second-order valence-electron chi connectivity index (χ2n) is 5.57. The van der Waals surface area contributed by atoms with Crippen LogP contribution in [0.4, 0.5) is 5.69 Å². The summed E-state index contributed by atoms with van der Waals surface area (Å²) in [5, 5.41) is 3.23. The summed E-state index contributed by atoms with van der Waals surface area (Å²) in [6, 6.07) is 11.4. The van der Waals surface area contributed by atoms with E-state index in [2.05, 4.69) is 5.32 Å². The number of carbonyl (C=O) groups is 2. The Morgan fingerprint density at radius 2 is 1.63 bits per heavy atom. The van der Waals surface area contributed by atoms with Gasteiger partial charge in [-0.25, -0.2) is 4.79 Å². The number of rotatable bonds is 8. The van der Waals surface area contributed by atoms with Gasteiger partial charge in [-0.05, 0) is 63.2 Å². The average molecular weight is 392 g/mol. The maximum Gasteiger partial charge on any atom is 0.339 e. The number of benzene rings is 2. The lowest BCUT2D eigenvalue weighted by Gasteiger charge is -2.15. The first-order valence-corrected chi connectivity index (χ1v) is 8.99. The number of nitrogens with one attached hydrogen (secondary N) is 1. The SMILES string of the molecule is CCOc1ccc(C(=O)O[C@H](C)C(=O)Nc2ccc(Cl)cc2)cc1OCC. The Morgan fingerprint density at radius 3 is 2.26 bits per heavy atom. The van der Waals surface area contributed by atoms with Gasteiger partial charge in [0.05, 0.1) is 18.8 Å². The van der Waals surface area contributed by atoms with E-state index < -0.39 is 18.0 Å². The van der Waals surface area contributed by atoms with E-state index in [9.17, 15) is 9.59 Å². The molecule has 0 aliphatic heterocycles. The standard InChI is InChI=1S/C20H22ClNO5/c1-4-25-17-11-6-14(12-18(17)26-5-2)20(24)27-13(3)19(23)22-16-9-7-15(21)8-10-16/h6-13H,4-5H2,1-3H3,(H,22,23)/t13-/m1/s1. The van der Waals surface area contributed by atoms with Gasteiger partial charge < -0.3 is 19.5 Å². The third kappa shape index (κ3) is 5.89. The van der Waals surface area contributed by atoms with Gasteiger partial charge >= 0.3 is 5.97 Å². The van der Waals surface area contributed by atoms with Gasteiger partial charge in [-0.3, -0.25) is 4.79 Å². The molecule has 1 amide bonds. The van der Waals surface area contributed by atoms with Crippen molar-refractivity contribution in [1.29, 1.82) is 0 Å². The first kappa shape index (κ1) is 20.6. The fraction of sp³-hybridized carbons (Fsp3) is 0.300. The minimum absolute atomic E-state index is 0.271. The maximum absolute atomic E-state index is 12.4. The molecular weight excluding hydrogens is 370 g/mol. The molecule has 1 atom stereocenters. The Balaban J connectivity index is 2.03. The highest BCUT2D eigenvalue weighted by molar-refractivity contribution is 6.30. The molecule has 27 heavy (non-hydrogen) atoms. The number of hydrogen-bond acceptors (Lipinski definition) is 5. The lowest BCUT2D eigenvalue weighted by Crippen LogP contribution is -2.30. The second kappa shape index (κ2) is 9.83. The Morgan fingerprint density at radius 1 is 1.00 bits per heavy atom. The molecule has 0 fully saturated rings. The van der Waals surface area contributed by atoms with Gasteiger partial charge in [0.25, 0.3) is 5.91 Å². The molecule has 144 valence electrons. The van der Waals surface area contributed by atoms with E-state index in [4.69, 9.17) is 25.8 Å². The van der Waals surface area contributed by atoms with E-state index in [0.717, 1.165) is 0 Å². The van der Waals surface area contributed by atoms with E-state index >= 15 is 0 Å². The van der Waals surface area contributed by atoms with Gasteiger partial charge in [0, 0.05) is 10.7 Å². The normalized spacial score (nSPS) is 11.4. The van der Waals surface area contributed by atoms with E-state index in [1.165, 1.54) is 6.92 Å². The topological polar surface area (TPSA) is 73.9 Å². The molecule has 0 saturated carbocycles. The van der Waals surface area contributed by atoms with Crippen LogP contribution in [0.25, 0.3) is 0 Å². The lowest BCUT2D eigenvalue weighted by molar-refractivity contribution is -0.123. The summed E-state index contributed by atoms with van der Waals surface area (Å²) < 4.78 is 16.2. The summed E-state index contributed by atoms with van der Waals surface area (Å²) in [5.74, 6) is -0.0732. The molecule has 6 nitrogen and oxygen atoms in total. The Labute approximate surface area is 163 Å². The molecule has 0 radical (unpaired) electrons. The highest BCUT2D eigenvalue weighted by Gasteiger charge is 2.20. The van der Waals surface area contributed by atoms with Gasteiger partial charge in [-0.15, -0.1) is 0 Å². The molecule has 1 N–H and O–H groups in total. The molecule has 0 aliphatic carbocycles. The summed E-state index contributed by atoms with van der Waals surface area (Å²) in [6.45, 7) is 6.11. The van der Waals surface area contributed by atoms with Gasteiger partial charge in [-0.1, -0.05) is 11.6 Å². The van der Waals surface area contributed by atoms with Crippen LogP contribution < -0.4 is 14.8 Å². The van der Waals surface area contributed by atoms with Crippen molar-refractivity contribution in [3.05, 3.63) is 53.1 Å². The zero-order valence-corrected chi connectivity index (χ0v) is 16.2. The van der Waals surface area contributed by atoms with Crippen molar-refractivity contribution in [3.63, 3.8) is 0 Å². The highest BCUT2D eigenvalue weighted by Crippen LogP contribution is 2.29. The lowest BCUT2D eigenvalue weighted by atomic mass is 10.2. The minimum Gasteiger partial charge on any atom is -0.490 e. The number of anilines is 1. The van der Waals surface area contributed by atoms with Crippen LogP contribution >= 0.6 is 11.6 Å². The molecule has 0 saturated heterocycles. The van der Waals surface area contributed by atoms with Gasteiger partial charge in [-0.2, -0.15) is 0 Å². The van der Waals surface area contributed by atoms with Crippen LogP contribution in [0.5, 0.6) is 11.5 Å². The molecule has 2 aromatic carbocycles. The van der Waals surface area contributed by atoms with E-state index in [0.29, 0.717) is 35.4 Å². The first-order chi connectivity index (χ1) is 12.9. The van der Waals surface area contributed by atoms with Crippen molar-refractivity contribution in [2.75, 3.05) is 18.5 Å². The molecule has 2 aromatic rings. The van der Waals surface area contributed by atoms with Crippen molar-refractivity contribution in [2.24, 2.45) is 0 Å². The van der Waals surface area contributed by atoms with Gasteiger partial charge in [0.1, 0.15) is 0 Å². The maximum atomic E-state index is 12.4. The summed E-state index contributed by atoms with van der Waals surface area (Å²) >= 11 is 5.81. The Hall–Kier alpha value is -2.73. The Kier molecular flexibility index (Phi) is 7.49. The van der Waals surface area contributed by atoms with Crippen LogP contribution in [0.15, 0.2) is 42.5 Å². The monoisotopic (exact) mass is 391 g/mol. The summed E-state index contributed by atoms with van der Waals surface area (Å²) in [6.07, 6.45) is -0.977. The highest BCUT2D eigenvalue weighted by atomic mass is 35.5. The summed E-state index contributed by atoms with van der Waals surface area (Å²) in [5.41, 5.74) is 0.833.